The van der Waals surface area contributed by atoms with E-state index in [1.54, 1.807) is 7.11 Å². The van der Waals surface area contributed by atoms with Crippen molar-refractivity contribution in [3.63, 3.8) is 0 Å². The molecule has 4 nitrogen and oxygen atoms in total. The van der Waals surface area contributed by atoms with Gasteiger partial charge in [-0.2, -0.15) is 0 Å². The van der Waals surface area contributed by atoms with Gasteiger partial charge in [0.1, 0.15) is 5.75 Å². The highest BCUT2D eigenvalue weighted by molar-refractivity contribution is 5.46. The van der Waals surface area contributed by atoms with Crippen LogP contribution in [0.25, 0.3) is 0 Å². The predicted octanol–water partition coefficient (Wildman–Crippen LogP) is 2.92. The minimum Gasteiger partial charge on any atom is -0.497 e. The first-order chi connectivity index (χ1) is 9.51. The quantitative estimate of drug-likeness (QED) is 0.731. The molecule has 1 aromatic carbocycles. The summed E-state index contributed by atoms with van der Waals surface area (Å²) in [6, 6.07) is 7.62. The number of benzene rings is 1. The molecule has 114 valence electrons. The van der Waals surface area contributed by atoms with E-state index in [0.29, 0.717) is 19.1 Å². The Labute approximate surface area is 122 Å². The van der Waals surface area contributed by atoms with Crippen LogP contribution in [0.4, 0.5) is 5.69 Å². The van der Waals surface area contributed by atoms with Crippen molar-refractivity contribution in [2.45, 2.75) is 39.4 Å². The fraction of sp³-hybridized carbons (Fsp3) is 0.625. The van der Waals surface area contributed by atoms with Crippen LogP contribution >= 0.6 is 0 Å². The minimum atomic E-state index is -0.508. The molecule has 0 aliphatic rings. The molecule has 4 heteroatoms. The summed E-state index contributed by atoms with van der Waals surface area (Å²) in [5, 5.41) is 13.1. The fourth-order valence-electron chi connectivity index (χ4n) is 2.01. The zero-order valence-corrected chi connectivity index (χ0v) is 12.9. The average molecular weight is 281 g/mol. The van der Waals surface area contributed by atoms with E-state index in [4.69, 9.17) is 9.47 Å². The first-order valence-corrected chi connectivity index (χ1v) is 7.18. The van der Waals surface area contributed by atoms with Crippen LogP contribution in [0.1, 0.15) is 27.2 Å². The molecule has 2 atom stereocenters. The van der Waals surface area contributed by atoms with Crippen molar-refractivity contribution in [2.24, 2.45) is 5.92 Å². The van der Waals surface area contributed by atoms with E-state index in [1.165, 1.54) is 0 Å². The maximum absolute atomic E-state index is 9.88. The Bertz CT molecular complexity index is 364. The average Bonchev–Trinajstić information content (AvgIpc) is 2.42. The van der Waals surface area contributed by atoms with Gasteiger partial charge in [0.05, 0.1) is 25.9 Å². The Balaban J connectivity index is 2.23. The van der Waals surface area contributed by atoms with Gasteiger partial charge in [0.25, 0.3) is 0 Å². The van der Waals surface area contributed by atoms with Crippen molar-refractivity contribution >= 4 is 5.69 Å². The summed E-state index contributed by atoms with van der Waals surface area (Å²) >= 11 is 0. The number of aliphatic hydroxyl groups excluding tert-OH is 1. The number of hydrogen-bond donors (Lipinski definition) is 2. The summed E-state index contributed by atoms with van der Waals surface area (Å²) in [7, 11) is 1.64. The first kappa shape index (κ1) is 16.8. The number of ether oxygens (including phenoxy) is 2. The topological polar surface area (TPSA) is 50.7 Å². The third-order valence-corrected chi connectivity index (χ3v) is 3.01. The second kappa shape index (κ2) is 8.82. The molecule has 0 aliphatic heterocycles. The molecule has 0 amide bonds. The maximum atomic E-state index is 9.88. The number of aliphatic hydroxyl groups is 1. The summed E-state index contributed by atoms with van der Waals surface area (Å²) in [6.45, 7) is 7.21. The van der Waals surface area contributed by atoms with Crippen LogP contribution in [0.2, 0.25) is 0 Å². The van der Waals surface area contributed by atoms with Gasteiger partial charge in [0.2, 0.25) is 0 Å². The normalized spacial score (nSPS) is 14.1. The molecular formula is C16H27NO3. The van der Waals surface area contributed by atoms with Gasteiger partial charge in [-0.3, -0.25) is 0 Å². The zero-order chi connectivity index (χ0) is 15.0. The third kappa shape index (κ3) is 6.78. The van der Waals surface area contributed by atoms with Crippen LogP contribution in [0.3, 0.4) is 0 Å². The summed E-state index contributed by atoms with van der Waals surface area (Å²) in [5.41, 5.74) is 0.958. The summed E-state index contributed by atoms with van der Waals surface area (Å²) in [4.78, 5) is 0. The van der Waals surface area contributed by atoms with E-state index in [1.807, 2.05) is 31.2 Å². The Morgan fingerprint density at radius 1 is 1.15 bits per heavy atom. The van der Waals surface area contributed by atoms with Crippen molar-refractivity contribution < 1.29 is 14.6 Å². The lowest BCUT2D eigenvalue weighted by Crippen LogP contribution is -2.27. The summed E-state index contributed by atoms with van der Waals surface area (Å²) in [5.74, 6) is 1.43. The second-order valence-electron chi connectivity index (χ2n) is 5.54. The molecule has 0 bridgehead atoms. The monoisotopic (exact) mass is 281 g/mol. The number of rotatable bonds is 9. The number of hydrogen-bond acceptors (Lipinski definition) is 4. The van der Waals surface area contributed by atoms with Crippen LogP contribution in [0.15, 0.2) is 24.3 Å². The van der Waals surface area contributed by atoms with Gasteiger partial charge in [-0.1, -0.05) is 13.8 Å². The van der Waals surface area contributed by atoms with E-state index in [0.717, 1.165) is 17.9 Å². The predicted molar refractivity (Wildman–Crippen MR) is 82.4 cm³/mol. The molecule has 0 spiro atoms. The molecule has 0 aromatic heterocycles. The molecule has 0 saturated heterocycles. The number of anilines is 1. The van der Waals surface area contributed by atoms with Crippen molar-refractivity contribution in [2.75, 3.05) is 25.6 Å². The maximum Gasteiger partial charge on any atom is 0.119 e. The van der Waals surface area contributed by atoms with Gasteiger partial charge >= 0.3 is 0 Å². The van der Waals surface area contributed by atoms with Crippen LogP contribution in [0.5, 0.6) is 5.75 Å². The highest BCUT2D eigenvalue weighted by Crippen LogP contribution is 2.15. The first-order valence-electron chi connectivity index (χ1n) is 7.18. The molecule has 0 radical (unpaired) electrons. The third-order valence-electron chi connectivity index (χ3n) is 3.01. The molecule has 2 N–H and O–H groups in total. The summed E-state index contributed by atoms with van der Waals surface area (Å²) in [6.07, 6.45) is 0.691. The largest absolute Gasteiger partial charge is 0.497 e. The van der Waals surface area contributed by atoms with Crippen molar-refractivity contribution in [1.82, 2.24) is 0 Å². The fourth-order valence-corrected chi connectivity index (χ4v) is 2.01. The second-order valence-corrected chi connectivity index (χ2v) is 5.54. The smallest absolute Gasteiger partial charge is 0.119 e. The van der Waals surface area contributed by atoms with Crippen molar-refractivity contribution in [1.29, 1.82) is 0 Å². The standard InChI is InChI=1S/C16H27NO3/c1-12(2)9-13(3)20-11-15(18)10-17-14-5-7-16(19-4)8-6-14/h5-8,12-13,15,17-18H,9-11H2,1-4H3. The van der Waals surface area contributed by atoms with Gasteiger partial charge in [0, 0.05) is 12.2 Å². The Morgan fingerprint density at radius 2 is 1.80 bits per heavy atom. The van der Waals surface area contributed by atoms with Gasteiger partial charge in [-0.25, -0.2) is 0 Å². The number of methoxy groups -OCH3 is 1. The lowest BCUT2D eigenvalue weighted by Gasteiger charge is -2.18. The highest BCUT2D eigenvalue weighted by atomic mass is 16.5. The van der Waals surface area contributed by atoms with E-state index < -0.39 is 6.10 Å². The molecule has 0 saturated carbocycles. The van der Waals surface area contributed by atoms with Gasteiger partial charge < -0.3 is 19.9 Å². The molecular weight excluding hydrogens is 254 g/mol. The van der Waals surface area contributed by atoms with Crippen LogP contribution < -0.4 is 10.1 Å². The minimum absolute atomic E-state index is 0.186. The van der Waals surface area contributed by atoms with Gasteiger partial charge in [-0.05, 0) is 43.5 Å². The van der Waals surface area contributed by atoms with Crippen LogP contribution in [0, 0.1) is 5.92 Å². The van der Waals surface area contributed by atoms with Crippen LogP contribution in [-0.4, -0.2) is 37.6 Å². The molecule has 0 heterocycles. The molecule has 1 rings (SSSR count). The Kier molecular flexibility index (Phi) is 7.41. The van der Waals surface area contributed by atoms with E-state index in [2.05, 4.69) is 19.2 Å². The summed E-state index contributed by atoms with van der Waals surface area (Å²) < 4.78 is 10.7. The molecule has 1 aromatic rings. The van der Waals surface area contributed by atoms with E-state index in [-0.39, 0.29) is 6.10 Å². The SMILES string of the molecule is COc1ccc(NCC(O)COC(C)CC(C)C)cc1. The van der Waals surface area contributed by atoms with Crippen molar-refractivity contribution in [3.8, 4) is 5.75 Å². The van der Waals surface area contributed by atoms with Crippen molar-refractivity contribution in [3.05, 3.63) is 24.3 Å². The van der Waals surface area contributed by atoms with Crippen LogP contribution in [-0.2, 0) is 4.74 Å². The molecule has 0 aliphatic carbocycles. The highest BCUT2D eigenvalue weighted by Gasteiger charge is 2.09. The zero-order valence-electron chi connectivity index (χ0n) is 12.9. The van der Waals surface area contributed by atoms with E-state index in [9.17, 15) is 5.11 Å². The Morgan fingerprint density at radius 3 is 2.35 bits per heavy atom. The lowest BCUT2D eigenvalue weighted by molar-refractivity contribution is -0.00443. The Hall–Kier alpha value is -1.26. The van der Waals surface area contributed by atoms with E-state index >= 15 is 0 Å². The van der Waals surface area contributed by atoms with Gasteiger partial charge in [-0.15, -0.1) is 0 Å². The molecule has 0 fully saturated rings. The number of nitrogens with one attached hydrogen (secondary N) is 1. The molecule has 2 unspecified atom stereocenters. The lowest BCUT2D eigenvalue weighted by atomic mass is 10.1. The van der Waals surface area contributed by atoms with Gasteiger partial charge in [0.15, 0.2) is 0 Å². The molecule has 20 heavy (non-hydrogen) atoms.